The molecule has 2 saturated heterocycles. The molecular formula is C41H66N4O8. The van der Waals surface area contributed by atoms with Crippen molar-refractivity contribution in [1.82, 2.24) is 20.4 Å². The van der Waals surface area contributed by atoms with E-state index in [4.69, 9.17) is 9.47 Å². The number of methoxy groups -OCH3 is 2. The Morgan fingerprint density at radius 1 is 1.02 bits per heavy atom. The summed E-state index contributed by atoms with van der Waals surface area (Å²) in [6.45, 7) is 13.0. The zero-order chi connectivity index (χ0) is 39.5. The maximum atomic E-state index is 14.3. The molecule has 53 heavy (non-hydrogen) atoms. The summed E-state index contributed by atoms with van der Waals surface area (Å²) in [6.07, 6.45) is 3.86. The standard InChI is InChI=1S/C41H66N4O8/c1-10-27(4)36(44(7)39(49)30(26(2)3)24-34(46)41(6)20-14-15-21-42-41)33(52-8)25-35(47)45-22-16-19-32(45)37(53-9)28(5)38(48)43-31(40(50)51)23-29-17-12-11-13-18-29/h11-13,17-18,26-28,30-33,36-37,42H,10,14-16,19-25H2,1-9H3,(H,43,48)(H,50,51)/t27-,28+,30-,31-,32-,33+,36-,37+,41+/m0/s1. The van der Waals surface area contributed by atoms with Crippen molar-refractivity contribution in [3.63, 3.8) is 0 Å². The van der Waals surface area contributed by atoms with Crippen molar-refractivity contribution in [1.29, 1.82) is 0 Å². The number of hydrogen-bond donors (Lipinski definition) is 3. The molecule has 0 unspecified atom stereocenters. The van der Waals surface area contributed by atoms with Gasteiger partial charge in [-0.1, -0.05) is 71.4 Å². The third-order valence-electron chi connectivity index (χ3n) is 11.9. The molecule has 0 bridgehead atoms. The molecule has 9 atom stereocenters. The predicted octanol–water partition coefficient (Wildman–Crippen LogP) is 4.48. The van der Waals surface area contributed by atoms with Crippen LogP contribution in [0.25, 0.3) is 0 Å². The molecule has 3 rings (SSSR count). The lowest BCUT2D eigenvalue weighted by Gasteiger charge is -2.41. The highest BCUT2D eigenvalue weighted by atomic mass is 16.5. The molecule has 12 nitrogen and oxygen atoms in total. The molecule has 0 aliphatic carbocycles. The van der Waals surface area contributed by atoms with E-state index < -0.39 is 59.6 Å². The summed E-state index contributed by atoms with van der Waals surface area (Å²) in [5.41, 5.74) is 0.158. The summed E-state index contributed by atoms with van der Waals surface area (Å²) in [4.78, 5) is 71.1. The number of benzene rings is 1. The fourth-order valence-corrected chi connectivity index (χ4v) is 8.25. The number of amides is 3. The number of carboxylic acid groups (broad SMARTS) is 1. The van der Waals surface area contributed by atoms with Crippen LogP contribution in [-0.4, -0.2) is 115 Å². The number of ether oxygens (including phenoxy) is 2. The maximum absolute atomic E-state index is 14.3. The van der Waals surface area contributed by atoms with Gasteiger partial charge in [0.25, 0.3) is 0 Å². The minimum absolute atomic E-state index is 0.00868. The predicted molar refractivity (Wildman–Crippen MR) is 204 cm³/mol. The number of piperidine rings is 1. The summed E-state index contributed by atoms with van der Waals surface area (Å²) in [5.74, 6) is -3.16. The highest BCUT2D eigenvalue weighted by Gasteiger charge is 2.44. The Morgan fingerprint density at radius 2 is 1.70 bits per heavy atom. The molecule has 0 saturated carbocycles. The quantitative estimate of drug-likeness (QED) is 0.176. The van der Waals surface area contributed by atoms with Crippen LogP contribution in [0.3, 0.4) is 0 Å². The number of likely N-dealkylation sites (N-methyl/N-ethyl adjacent to an activating group) is 1. The fourth-order valence-electron chi connectivity index (χ4n) is 8.25. The molecule has 3 N–H and O–H groups in total. The molecule has 12 heteroatoms. The number of aliphatic carboxylic acids is 1. The van der Waals surface area contributed by atoms with Crippen LogP contribution >= 0.6 is 0 Å². The van der Waals surface area contributed by atoms with Gasteiger partial charge in [-0.3, -0.25) is 19.2 Å². The Kier molecular flexibility index (Phi) is 16.9. The van der Waals surface area contributed by atoms with Gasteiger partial charge in [-0.25, -0.2) is 4.79 Å². The van der Waals surface area contributed by atoms with Crippen molar-refractivity contribution < 1.29 is 38.6 Å². The molecule has 2 aliphatic rings. The lowest BCUT2D eigenvalue weighted by atomic mass is 9.79. The third kappa shape index (κ3) is 11.3. The van der Waals surface area contributed by atoms with Crippen molar-refractivity contribution in [2.75, 3.05) is 34.4 Å². The number of carboxylic acids is 1. The number of likely N-dealkylation sites (tertiary alicyclic amines) is 1. The number of Topliss-reactive ketones (excluding diaryl/α,β-unsaturated/α-hetero) is 1. The highest BCUT2D eigenvalue weighted by Crippen LogP contribution is 2.32. The maximum Gasteiger partial charge on any atom is 0.326 e. The Morgan fingerprint density at radius 3 is 2.25 bits per heavy atom. The normalized spacial score (nSPS) is 23.0. The Labute approximate surface area is 317 Å². The number of nitrogens with zero attached hydrogens (tertiary/aromatic N) is 2. The smallest absolute Gasteiger partial charge is 0.326 e. The second kappa shape index (κ2) is 20.4. The van der Waals surface area contributed by atoms with Gasteiger partial charge in [0.1, 0.15) is 6.04 Å². The van der Waals surface area contributed by atoms with E-state index in [1.54, 1.807) is 30.9 Å². The largest absolute Gasteiger partial charge is 0.480 e. The molecule has 0 aromatic heterocycles. The van der Waals surface area contributed by atoms with E-state index in [9.17, 15) is 29.1 Å². The Hall–Kier alpha value is -3.35. The average molecular weight is 743 g/mol. The van der Waals surface area contributed by atoms with Crippen molar-refractivity contribution >= 4 is 29.5 Å². The third-order valence-corrected chi connectivity index (χ3v) is 11.9. The monoisotopic (exact) mass is 742 g/mol. The van der Waals surface area contributed by atoms with Gasteiger partial charge in [-0.15, -0.1) is 0 Å². The zero-order valence-electron chi connectivity index (χ0n) is 33.6. The van der Waals surface area contributed by atoms with Gasteiger partial charge in [0.15, 0.2) is 5.78 Å². The van der Waals surface area contributed by atoms with Crippen LogP contribution in [0, 0.1) is 23.7 Å². The van der Waals surface area contributed by atoms with Crippen LogP contribution in [-0.2, 0) is 39.9 Å². The summed E-state index contributed by atoms with van der Waals surface area (Å²) in [6, 6.07) is 7.17. The Balaban J connectivity index is 1.76. The lowest BCUT2D eigenvalue weighted by molar-refractivity contribution is -0.149. The highest BCUT2D eigenvalue weighted by molar-refractivity contribution is 5.92. The van der Waals surface area contributed by atoms with Gasteiger partial charge < -0.3 is 35.0 Å². The van der Waals surface area contributed by atoms with Crippen molar-refractivity contribution in [2.45, 2.75) is 135 Å². The molecule has 1 aromatic rings. The van der Waals surface area contributed by atoms with Crippen LogP contribution in [0.1, 0.15) is 98.5 Å². The summed E-state index contributed by atoms with van der Waals surface area (Å²) >= 11 is 0. The molecule has 298 valence electrons. The van der Waals surface area contributed by atoms with E-state index in [-0.39, 0.29) is 48.7 Å². The first-order valence-corrected chi connectivity index (χ1v) is 19.6. The van der Waals surface area contributed by atoms with E-state index in [1.165, 1.54) is 7.11 Å². The van der Waals surface area contributed by atoms with Gasteiger partial charge in [0, 0.05) is 46.6 Å². The van der Waals surface area contributed by atoms with Crippen LogP contribution in [0.5, 0.6) is 0 Å². The van der Waals surface area contributed by atoms with E-state index in [0.29, 0.717) is 13.0 Å². The van der Waals surface area contributed by atoms with Gasteiger partial charge in [0.2, 0.25) is 17.7 Å². The molecule has 1 aromatic carbocycles. The molecule has 2 aliphatic heterocycles. The number of nitrogens with one attached hydrogen (secondary N) is 2. The second-order valence-electron chi connectivity index (χ2n) is 15.9. The molecule has 0 spiro atoms. The topological polar surface area (TPSA) is 155 Å². The van der Waals surface area contributed by atoms with E-state index in [0.717, 1.165) is 44.2 Å². The van der Waals surface area contributed by atoms with Gasteiger partial charge in [-0.05, 0) is 63.0 Å². The molecule has 2 heterocycles. The van der Waals surface area contributed by atoms with E-state index >= 15 is 0 Å². The Bertz CT molecular complexity index is 1370. The van der Waals surface area contributed by atoms with Gasteiger partial charge in [0.05, 0.1) is 42.2 Å². The summed E-state index contributed by atoms with van der Waals surface area (Å²) in [5, 5.41) is 16.0. The first-order valence-electron chi connectivity index (χ1n) is 19.6. The molecule has 0 radical (unpaired) electrons. The average Bonchev–Trinajstić information content (AvgIpc) is 3.63. The molecule has 3 amide bonds. The summed E-state index contributed by atoms with van der Waals surface area (Å²) in [7, 11) is 4.83. The van der Waals surface area contributed by atoms with Crippen LogP contribution in [0.4, 0.5) is 0 Å². The van der Waals surface area contributed by atoms with Crippen LogP contribution < -0.4 is 10.6 Å². The summed E-state index contributed by atoms with van der Waals surface area (Å²) < 4.78 is 11.9. The lowest BCUT2D eigenvalue weighted by Crippen LogP contribution is -2.56. The number of hydrogen-bond acceptors (Lipinski definition) is 8. The van der Waals surface area contributed by atoms with Crippen LogP contribution in [0.15, 0.2) is 30.3 Å². The second-order valence-corrected chi connectivity index (χ2v) is 15.9. The van der Waals surface area contributed by atoms with Crippen molar-refractivity contribution in [3.05, 3.63) is 35.9 Å². The number of carbonyl (C=O) groups is 5. The van der Waals surface area contributed by atoms with E-state index in [1.807, 2.05) is 58.0 Å². The fraction of sp³-hybridized carbons (Fsp3) is 0.732. The van der Waals surface area contributed by atoms with E-state index in [2.05, 4.69) is 17.6 Å². The molecule has 2 fully saturated rings. The van der Waals surface area contributed by atoms with Gasteiger partial charge >= 0.3 is 5.97 Å². The first-order chi connectivity index (χ1) is 25.1. The van der Waals surface area contributed by atoms with Crippen LogP contribution in [0.2, 0.25) is 0 Å². The zero-order valence-corrected chi connectivity index (χ0v) is 33.6. The minimum Gasteiger partial charge on any atom is -0.480 e. The van der Waals surface area contributed by atoms with Crippen molar-refractivity contribution in [2.24, 2.45) is 23.7 Å². The number of ketones is 1. The van der Waals surface area contributed by atoms with Crippen molar-refractivity contribution in [3.8, 4) is 0 Å². The minimum atomic E-state index is -1.13. The number of rotatable bonds is 20. The molecular weight excluding hydrogens is 676 g/mol. The SMILES string of the molecule is CC[C@H](C)[C@@H]([C@@H](CC(=O)N1CCC[C@H]1[C@H](OC)[C@@H](C)C(=O)N[C@@H](Cc1ccccc1)C(=O)O)OC)N(C)C(=O)[C@@H](CC(=O)[C@@]1(C)CCCCN1)C(C)C. The van der Waals surface area contributed by atoms with Gasteiger partial charge in [-0.2, -0.15) is 0 Å². The first kappa shape index (κ1) is 44.0. The number of carbonyl (C=O) groups excluding carboxylic acids is 4.